The minimum atomic E-state index is -1.08. The van der Waals surface area contributed by atoms with Crippen LogP contribution in [0.4, 0.5) is 0 Å². The van der Waals surface area contributed by atoms with Crippen LogP contribution in [0.1, 0.15) is 6.42 Å². The molecule has 0 aromatic rings. The van der Waals surface area contributed by atoms with Crippen molar-refractivity contribution < 1.29 is 9.90 Å². The Kier molecular flexibility index (Phi) is 9.37. The van der Waals surface area contributed by atoms with Gasteiger partial charge in [-0.25, -0.2) is 0 Å². The first-order chi connectivity index (χ1) is 5.58. The fourth-order valence-corrected chi connectivity index (χ4v) is 0.143. The van der Waals surface area contributed by atoms with Crippen molar-refractivity contribution in [3.05, 3.63) is 24.8 Å². The molecular weight excluding hydrogens is 156 g/mol. The van der Waals surface area contributed by atoms with Gasteiger partial charge >= 0.3 is 0 Å². The molecule has 0 aliphatic heterocycles. The maximum absolute atomic E-state index is 9.42. The summed E-state index contributed by atoms with van der Waals surface area (Å²) in [6.07, 6.45) is 1.23. The number of carbonyl (C=O) groups is 1. The van der Waals surface area contributed by atoms with E-state index in [0.717, 1.165) is 0 Å². The summed E-state index contributed by atoms with van der Waals surface area (Å²) in [5.74, 6) is -1.08. The number of nitriles is 2. The first-order valence-electron chi connectivity index (χ1n) is 2.88. The van der Waals surface area contributed by atoms with E-state index >= 15 is 0 Å². The van der Waals surface area contributed by atoms with E-state index in [1.807, 2.05) is 0 Å². The van der Waals surface area contributed by atoms with Crippen molar-refractivity contribution in [3.8, 4) is 12.1 Å². The number of aliphatic carboxylic acids is 1. The van der Waals surface area contributed by atoms with E-state index < -0.39 is 5.97 Å². The first kappa shape index (κ1) is 12.6. The molecular formula is C8H7N2O2-. The molecule has 0 amide bonds. The summed E-state index contributed by atoms with van der Waals surface area (Å²) in [6.45, 7) is 6.25. The number of carbonyl (C=O) groups excluding carboxylic acids is 1. The lowest BCUT2D eigenvalue weighted by Crippen LogP contribution is -2.20. The summed E-state index contributed by atoms with van der Waals surface area (Å²) in [5.41, 5.74) is -0.0463. The standard InChI is InChI=1S/C4H2N2.C4H6O2/c1-4(2-5)3-6;1-2-3-4(5)6/h1H2;2H,1,3H2,(H,5,6)/p-1. The Labute approximate surface area is 70.7 Å². The predicted molar refractivity (Wildman–Crippen MR) is 40.2 cm³/mol. The molecule has 0 saturated carbocycles. The summed E-state index contributed by atoms with van der Waals surface area (Å²) < 4.78 is 0. The third kappa shape index (κ3) is 15.7. The highest BCUT2D eigenvalue weighted by Crippen LogP contribution is 1.75. The number of hydrogen-bond donors (Lipinski definition) is 0. The van der Waals surface area contributed by atoms with Crippen molar-refractivity contribution in [1.29, 1.82) is 10.5 Å². The summed E-state index contributed by atoms with van der Waals surface area (Å²) in [4.78, 5) is 9.42. The lowest BCUT2D eigenvalue weighted by Gasteiger charge is -1.89. The van der Waals surface area contributed by atoms with E-state index in [2.05, 4.69) is 13.2 Å². The molecule has 0 aliphatic carbocycles. The van der Waals surface area contributed by atoms with Gasteiger partial charge in [0.1, 0.15) is 17.7 Å². The van der Waals surface area contributed by atoms with Gasteiger partial charge in [0.15, 0.2) is 0 Å². The van der Waals surface area contributed by atoms with Gasteiger partial charge in [0, 0.05) is 12.4 Å². The van der Waals surface area contributed by atoms with Gasteiger partial charge in [-0.15, -0.1) is 6.58 Å². The topological polar surface area (TPSA) is 87.7 Å². The average molecular weight is 163 g/mol. The van der Waals surface area contributed by atoms with Gasteiger partial charge in [-0.2, -0.15) is 10.5 Å². The minimum Gasteiger partial charge on any atom is -0.550 e. The second-order valence-corrected chi connectivity index (χ2v) is 1.57. The maximum Gasteiger partial charge on any atom is 0.122 e. The van der Waals surface area contributed by atoms with Crippen LogP contribution in [-0.4, -0.2) is 5.97 Å². The number of rotatable bonds is 2. The highest BCUT2D eigenvalue weighted by Gasteiger charge is 1.76. The van der Waals surface area contributed by atoms with Crippen molar-refractivity contribution in [2.45, 2.75) is 6.42 Å². The maximum atomic E-state index is 9.42. The van der Waals surface area contributed by atoms with Crippen molar-refractivity contribution in [2.75, 3.05) is 0 Å². The van der Waals surface area contributed by atoms with Gasteiger partial charge in [-0.05, 0) is 0 Å². The second-order valence-electron chi connectivity index (χ2n) is 1.57. The molecule has 4 nitrogen and oxygen atoms in total. The summed E-state index contributed by atoms with van der Waals surface area (Å²) >= 11 is 0. The van der Waals surface area contributed by atoms with Crippen LogP contribution in [-0.2, 0) is 4.79 Å². The van der Waals surface area contributed by atoms with Crippen LogP contribution in [0.3, 0.4) is 0 Å². The SMILES string of the molecule is C=C(C#N)C#N.C=CCC(=O)[O-]. The first-order valence-corrected chi connectivity index (χ1v) is 2.88. The minimum absolute atomic E-state index is 0.0463. The van der Waals surface area contributed by atoms with Crippen LogP contribution in [0.15, 0.2) is 24.8 Å². The van der Waals surface area contributed by atoms with Gasteiger partial charge in [-0.3, -0.25) is 0 Å². The fraction of sp³-hybridized carbons (Fsp3) is 0.125. The molecule has 0 fully saturated rings. The number of allylic oxidation sites excluding steroid dienone is 1. The Morgan fingerprint density at radius 1 is 1.50 bits per heavy atom. The summed E-state index contributed by atoms with van der Waals surface area (Å²) in [7, 11) is 0. The Morgan fingerprint density at radius 3 is 1.92 bits per heavy atom. The molecule has 0 atom stereocenters. The highest BCUT2D eigenvalue weighted by atomic mass is 16.4. The smallest absolute Gasteiger partial charge is 0.122 e. The Bertz CT molecular complexity index is 239. The van der Waals surface area contributed by atoms with Crippen molar-refractivity contribution in [2.24, 2.45) is 0 Å². The van der Waals surface area contributed by atoms with Crippen molar-refractivity contribution >= 4 is 5.97 Å². The number of nitrogens with zero attached hydrogens (tertiary/aromatic N) is 2. The molecule has 0 aromatic heterocycles. The van der Waals surface area contributed by atoms with Crippen LogP contribution in [0.5, 0.6) is 0 Å². The van der Waals surface area contributed by atoms with E-state index in [0.29, 0.717) is 0 Å². The van der Waals surface area contributed by atoms with Gasteiger partial charge in [0.2, 0.25) is 0 Å². The molecule has 0 aliphatic rings. The zero-order valence-corrected chi connectivity index (χ0v) is 6.41. The summed E-state index contributed by atoms with van der Waals surface area (Å²) in [5, 5.41) is 24.9. The average Bonchev–Trinajstić information content (AvgIpc) is 2.04. The van der Waals surface area contributed by atoms with Crippen LogP contribution in [0, 0.1) is 22.7 Å². The molecule has 0 aromatic carbocycles. The van der Waals surface area contributed by atoms with Crippen LogP contribution in [0.2, 0.25) is 0 Å². The second kappa shape index (κ2) is 8.93. The fourth-order valence-electron chi connectivity index (χ4n) is 0.143. The quantitative estimate of drug-likeness (QED) is 0.420. The third-order valence-electron chi connectivity index (χ3n) is 0.581. The lowest BCUT2D eigenvalue weighted by atomic mass is 10.4. The molecule has 0 N–H and O–H groups in total. The number of carboxylic acids is 1. The monoisotopic (exact) mass is 163 g/mol. The molecule has 0 radical (unpaired) electrons. The van der Waals surface area contributed by atoms with Crippen molar-refractivity contribution in [3.63, 3.8) is 0 Å². The van der Waals surface area contributed by atoms with Gasteiger partial charge in [-0.1, -0.05) is 12.7 Å². The molecule has 12 heavy (non-hydrogen) atoms. The molecule has 62 valence electrons. The molecule has 0 rings (SSSR count). The van der Waals surface area contributed by atoms with E-state index in [4.69, 9.17) is 10.5 Å². The van der Waals surface area contributed by atoms with E-state index in [1.165, 1.54) is 6.08 Å². The van der Waals surface area contributed by atoms with E-state index in [-0.39, 0.29) is 12.0 Å². The molecule has 4 heteroatoms. The van der Waals surface area contributed by atoms with Crippen LogP contribution in [0.25, 0.3) is 0 Å². The third-order valence-corrected chi connectivity index (χ3v) is 0.581. The zero-order valence-electron chi connectivity index (χ0n) is 6.41. The molecule has 0 bridgehead atoms. The summed E-state index contributed by atoms with van der Waals surface area (Å²) in [6, 6.07) is 3.12. The van der Waals surface area contributed by atoms with E-state index in [1.54, 1.807) is 12.1 Å². The molecule has 0 spiro atoms. The lowest BCUT2D eigenvalue weighted by molar-refractivity contribution is -0.304. The molecule has 0 heterocycles. The highest BCUT2D eigenvalue weighted by molar-refractivity contribution is 5.65. The van der Waals surface area contributed by atoms with Gasteiger partial charge in [0.05, 0.1) is 0 Å². The number of carboxylic acid groups (broad SMARTS) is 1. The van der Waals surface area contributed by atoms with Crippen LogP contribution >= 0.6 is 0 Å². The van der Waals surface area contributed by atoms with Crippen molar-refractivity contribution in [1.82, 2.24) is 0 Å². The Morgan fingerprint density at radius 2 is 1.92 bits per heavy atom. The van der Waals surface area contributed by atoms with Gasteiger partial charge in [0.25, 0.3) is 0 Å². The van der Waals surface area contributed by atoms with E-state index in [9.17, 15) is 9.90 Å². The predicted octanol–water partition coefficient (Wildman–Crippen LogP) is -0.0978. The molecule has 0 saturated heterocycles. The normalized spacial score (nSPS) is 6.17. The zero-order chi connectivity index (χ0) is 9.98. The largest absolute Gasteiger partial charge is 0.550 e. The Balaban J connectivity index is 0. The molecule has 0 unspecified atom stereocenters. The van der Waals surface area contributed by atoms with Gasteiger partial charge < -0.3 is 9.90 Å². The number of hydrogen-bond acceptors (Lipinski definition) is 4. The Hall–Kier alpha value is -2.07. The van der Waals surface area contributed by atoms with Crippen LogP contribution < -0.4 is 5.11 Å².